The fourth-order valence-corrected chi connectivity index (χ4v) is 3.83. The number of fused-ring (bicyclic) bond motifs is 1. The fraction of sp³-hybridized carbons (Fsp3) is 0.200. The van der Waals surface area contributed by atoms with E-state index in [1.807, 2.05) is 31.2 Å². The number of aryl methyl sites for hydroxylation is 1. The Morgan fingerprint density at radius 1 is 1.29 bits per heavy atom. The summed E-state index contributed by atoms with van der Waals surface area (Å²) < 4.78 is 23.0. The van der Waals surface area contributed by atoms with E-state index < -0.39 is 15.7 Å². The molecule has 1 amide bonds. The van der Waals surface area contributed by atoms with Crippen molar-refractivity contribution in [2.24, 2.45) is 10.1 Å². The molecule has 1 aromatic rings. The van der Waals surface area contributed by atoms with Crippen molar-refractivity contribution in [3.63, 3.8) is 0 Å². The van der Waals surface area contributed by atoms with Gasteiger partial charge in [0.25, 0.3) is 5.91 Å². The van der Waals surface area contributed by atoms with Crippen molar-refractivity contribution in [1.82, 2.24) is 5.01 Å². The van der Waals surface area contributed by atoms with Crippen molar-refractivity contribution in [3.8, 4) is 0 Å². The van der Waals surface area contributed by atoms with Crippen LogP contribution in [0, 0.1) is 5.41 Å². The van der Waals surface area contributed by atoms with E-state index in [0.29, 0.717) is 0 Å². The third-order valence-electron chi connectivity index (χ3n) is 3.45. The molecule has 0 bridgehead atoms. The average Bonchev–Trinajstić information content (AvgIpc) is 2.96. The van der Waals surface area contributed by atoms with Crippen LogP contribution in [0.5, 0.6) is 0 Å². The van der Waals surface area contributed by atoms with E-state index in [0.717, 1.165) is 35.0 Å². The van der Waals surface area contributed by atoms with Crippen molar-refractivity contribution >= 4 is 49.0 Å². The van der Waals surface area contributed by atoms with Crippen molar-refractivity contribution in [2.75, 3.05) is 6.26 Å². The number of amidine groups is 2. The molecule has 0 atom stereocenters. The number of nitrogens with zero attached hydrogens (tertiary/aromatic N) is 3. The van der Waals surface area contributed by atoms with Gasteiger partial charge in [-0.05, 0) is 35.4 Å². The van der Waals surface area contributed by atoms with Gasteiger partial charge in [0.05, 0.1) is 5.57 Å². The Balaban J connectivity index is 1.97. The molecular weight excluding hydrogens is 348 g/mol. The molecule has 0 saturated carbocycles. The lowest BCUT2D eigenvalue weighted by Gasteiger charge is -2.20. The van der Waals surface area contributed by atoms with Crippen molar-refractivity contribution in [1.29, 1.82) is 5.41 Å². The first-order valence-electron chi connectivity index (χ1n) is 7.09. The Bertz CT molecular complexity index is 928. The quantitative estimate of drug-likeness (QED) is 0.809. The highest BCUT2D eigenvalue weighted by Gasteiger charge is 2.38. The summed E-state index contributed by atoms with van der Waals surface area (Å²) in [7, 11) is -3.52. The van der Waals surface area contributed by atoms with Gasteiger partial charge >= 0.3 is 0 Å². The molecule has 0 unspecified atom stereocenters. The van der Waals surface area contributed by atoms with E-state index in [1.165, 1.54) is 5.56 Å². The Morgan fingerprint density at radius 3 is 2.54 bits per heavy atom. The topological polar surface area (TPSA) is 103 Å². The molecule has 0 aliphatic carbocycles. The second kappa shape index (κ2) is 5.99. The van der Waals surface area contributed by atoms with Crippen molar-refractivity contribution in [2.45, 2.75) is 13.3 Å². The van der Waals surface area contributed by atoms with Gasteiger partial charge in [0.1, 0.15) is 0 Å². The number of hydrazone groups is 1. The molecule has 0 spiro atoms. The van der Waals surface area contributed by atoms with Crippen molar-refractivity contribution < 1.29 is 13.2 Å². The van der Waals surface area contributed by atoms with Crippen LogP contribution in [0.4, 0.5) is 0 Å². The number of rotatable bonds is 2. The molecule has 124 valence electrons. The van der Waals surface area contributed by atoms with E-state index in [9.17, 15) is 13.2 Å². The van der Waals surface area contributed by atoms with Gasteiger partial charge in [-0.15, -0.1) is 5.10 Å². The number of thioether (sulfide) groups is 1. The summed E-state index contributed by atoms with van der Waals surface area (Å²) in [5, 5.41) is 13.2. The third-order valence-corrected chi connectivity index (χ3v) is 6.03. The molecule has 2 heterocycles. The van der Waals surface area contributed by atoms with Crippen LogP contribution >= 0.6 is 11.8 Å². The maximum atomic E-state index is 12.2. The molecule has 2 aliphatic heterocycles. The molecule has 7 nitrogen and oxygen atoms in total. The predicted octanol–water partition coefficient (Wildman–Crippen LogP) is 1.87. The van der Waals surface area contributed by atoms with Crippen LogP contribution in [0.2, 0.25) is 0 Å². The highest BCUT2D eigenvalue weighted by atomic mass is 32.3. The lowest BCUT2D eigenvalue weighted by Crippen LogP contribution is -2.35. The van der Waals surface area contributed by atoms with Gasteiger partial charge in [0.15, 0.2) is 5.84 Å². The molecule has 0 saturated heterocycles. The first-order chi connectivity index (χ1) is 11.3. The van der Waals surface area contributed by atoms with Crippen molar-refractivity contribution in [3.05, 3.63) is 41.0 Å². The number of carbonyl (C=O) groups is 1. The van der Waals surface area contributed by atoms with Gasteiger partial charge in [-0.25, -0.2) is 8.42 Å². The van der Waals surface area contributed by atoms with Crippen LogP contribution in [0.1, 0.15) is 18.1 Å². The number of benzene rings is 1. The van der Waals surface area contributed by atoms with Crippen LogP contribution < -0.4 is 0 Å². The van der Waals surface area contributed by atoms with Gasteiger partial charge in [-0.1, -0.05) is 31.2 Å². The normalized spacial score (nSPS) is 19.4. The van der Waals surface area contributed by atoms with Gasteiger partial charge in [-0.3, -0.25) is 10.2 Å². The van der Waals surface area contributed by atoms with Crippen LogP contribution in [0.25, 0.3) is 6.08 Å². The predicted molar refractivity (Wildman–Crippen MR) is 95.7 cm³/mol. The van der Waals surface area contributed by atoms with Gasteiger partial charge in [0, 0.05) is 6.26 Å². The fourth-order valence-electron chi connectivity index (χ4n) is 2.14. The van der Waals surface area contributed by atoms with Crippen LogP contribution in [-0.2, 0) is 21.1 Å². The summed E-state index contributed by atoms with van der Waals surface area (Å²) in [5.74, 6) is -0.765. The minimum absolute atomic E-state index is 0.0714. The van der Waals surface area contributed by atoms with E-state index >= 15 is 0 Å². The molecule has 1 N–H and O–H groups in total. The number of hydrogen-bond donors (Lipinski definition) is 1. The molecule has 1 aromatic carbocycles. The SMILES string of the molecule is CCc1ccc(C=C2C(=N)N3N=C(S(C)(=O)=O)SC3=NC2=O)cc1. The minimum atomic E-state index is -3.52. The maximum absolute atomic E-state index is 12.2. The summed E-state index contributed by atoms with van der Waals surface area (Å²) >= 11 is 0.771. The number of amides is 1. The Hall–Kier alpha value is -2.26. The van der Waals surface area contributed by atoms with E-state index in [1.54, 1.807) is 6.08 Å². The molecule has 9 heteroatoms. The Labute approximate surface area is 143 Å². The van der Waals surface area contributed by atoms with E-state index in [-0.39, 0.29) is 21.0 Å². The first-order valence-corrected chi connectivity index (χ1v) is 9.79. The van der Waals surface area contributed by atoms with Gasteiger partial charge in [-0.2, -0.15) is 10.0 Å². The molecular formula is C15H14N4O3S2. The number of nitrogens with one attached hydrogen (secondary N) is 1. The molecule has 2 aliphatic rings. The monoisotopic (exact) mass is 362 g/mol. The van der Waals surface area contributed by atoms with Crippen LogP contribution in [-0.4, -0.2) is 41.0 Å². The highest BCUT2D eigenvalue weighted by molar-refractivity contribution is 8.42. The number of aliphatic imine (C=N–C) groups is 1. The molecule has 24 heavy (non-hydrogen) atoms. The zero-order chi connectivity index (χ0) is 17.5. The third kappa shape index (κ3) is 3.04. The highest BCUT2D eigenvalue weighted by Crippen LogP contribution is 2.29. The van der Waals surface area contributed by atoms with E-state index in [2.05, 4.69) is 10.1 Å². The molecule has 0 aromatic heterocycles. The smallest absolute Gasteiger partial charge is 0.282 e. The molecule has 0 fully saturated rings. The van der Waals surface area contributed by atoms with E-state index in [4.69, 9.17) is 5.41 Å². The van der Waals surface area contributed by atoms with Gasteiger partial charge in [0.2, 0.25) is 19.4 Å². The number of hydrogen-bond acceptors (Lipinski definition) is 6. The average molecular weight is 362 g/mol. The standard InChI is InChI=1S/C15H14N4O3S2/c1-3-9-4-6-10(7-5-9)8-11-12(16)19-14(17-13(11)20)23-15(18-19)24(2,21)22/h4-8,16H,3H2,1-2H3. The first kappa shape index (κ1) is 16.6. The summed E-state index contributed by atoms with van der Waals surface area (Å²) in [6, 6.07) is 7.61. The molecule has 3 rings (SSSR count). The summed E-state index contributed by atoms with van der Waals surface area (Å²) in [6.07, 6.45) is 3.49. The van der Waals surface area contributed by atoms with Crippen LogP contribution in [0.15, 0.2) is 39.9 Å². The Kier molecular flexibility index (Phi) is 4.14. The van der Waals surface area contributed by atoms with Crippen LogP contribution in [0.3, 0.4) is 0 Å². The second-order valence-corrected chi connectivity index (χ2v) is 8.40. The lowest BCUT2D eigenvalue weighted by molar-refractivity contribution is -0.114. The maximum Gasteiger partial charge on any atom is 0.283 e. The van der Waals surface area contributed by atoms with Gasteiger partial charge < -0.3 is 0 Å². The summed E-state index contributed by atoms with van der Waals surface area (Å²) in [4.78, 5) is 16.0. The second-order valence-electron chi connectivity index (χ2n) is 5.25. The number of sulfone groups is 1. The minimum Gasteiger partial charge on any atom is -0.282 e. The zero-order valence-electron chi connectivity index (χ0n) is 13.0. The summed E-state index contributed by atoms with van der Waals surface area (Å²) in [6.45, 7) is 2.05. The summed E-state index contributed by atoms with van der Waals surface area (Å²) in [5.41, 5.74) is 2.00. The zero-order valence-corrected chi connectivity index (χ0v) is 14.6. The Morgan fingerprint density at radius 2 is 1.96 bits per heavy atom. The largest absolute Gasteiger partial charge is 0.283 e. The lowest BCUT2D eigenvalue weighted by atomic mass is 10.1. The number of carbonyl (C=O) groups excluding carboxylic acids is 1. The molecule has 0 radical (unpaired) electrons.